The molecule has 0 radical (unpaired) electrons. The van der Waals surface area contributed by atoms with Crippen LogP contribution in [0.5, 0.6) is 0 Å². The van der Waals surface area contributed by atoms with Gasteiger partial charge >= 0.3 is 0 Å². The second-order valence-corrected chi connectivity index (χ2v) is 5.19. The zero-order chi connectivity index (χ0) is 14.2. The Morgan fingerprint density at radius 3 is 2.05 bits per heavy atom. The first-order chi connectivity index (χ1) is 9.69. The molecule has 2 aromatic rings. The molecule has 3 heteroatoms. The highest BCUT2D eigenvalue weighted by Crippen LogP contribution is 2.52. The van der Waals surface area contributed by atoms with E-state index in [2.05, 4.69) is 0 Å². The number of alkyl halides is 1. The smallest absolute Gasteiger partial charge is 0.200 e. The van der Waals surface area contributed by atoms with Crippen molar-refractivity contribution in [3.05, 3.63) is 77.5 Å². The van der Waals surface area contributed by atoms with E-state index in [0.29, 0.717) is 11.3 Å². The molecule has 3 rings (SSSR count). The Hall–Kier alpha value is -2.06. The SMILES string of the molecule is COC1=C(c2ccccc2)C(=O)C1(Cl)c1ccccc1. The van der Waals surface area contributed by atoms with Crippen LogP contribution >= 0.6 is 11.6 Å². The molecule has 1 unspecified atom stereocenters. The van der Waals surface area contributed by atoms with Crippen molar-refractivity contribution in [1.82, 2.24) is 0 Å². The predicted molar refractivity (Wildman–Crippen MR) is 79.4 cm³/mol. The van der Waals surface area contributed by atoms with Gasteiger partial charge < -0.3 is 4.74 Å². The van der Waals surface area contributed by atoms with Gasteiger partial charge in [0.1, 0.15) is 5.76 Å². The molecule has 20 heavy (non-hydrogen) atoms. The van der Waals surface area contributed by atoms with Crippen LogP contribution in [0.25, 0.3) is 5.57 Å². The number of ketones is 1. The Balaban J connectivity index is 2.14. The quantitative estimate of drug-likeness (QED) is 0.802. The number of carbonyl (C=O) groups excluding carboxylic acids is 1. The molecule has 0 aromatic heterocycles. The zero-order valence-corrected chi connectivity index (χ0v) is 11.7. The topological polar surface area (TPSA) is 26.3 Å². The van der Waals surface area contributed by atoms with Gasteiger partial charge in [-0.25, -0.2) is 0 Å². The number of halogens is 1. The summed E-state index contributed by atoms with van der Waals surface area (Å²) in [5.41, 5.74) is 2.14. The molecule has 0 spiro atoms. The van der Waals surface area contributed by atoms with Crippen molar-refractivity contribution in [3.63, 3.8) is 0 Å². The van der Waals surface area contributed by atoms with E-state index < -0.39 is 4.87 Å². The Labute approximate surface area is 122 Å². The average molecular weight is 285 g/mol. The largest absolute Gasteiger partial charge is 0.498 e. The molecule has 0 bridgehead atoms. The summed E-state index contributed by atoms with van der Waals surface area (Å²) in [6, 6.07) is 18.7. The van der Waals surface area contributed by atoms with E-state index in [4.69, 9.17) is 16.3 Å². The van der Waals surface area contributed by atoms with Crippen molar-refractivity contribution >= 4 is 23.0 Å². The highest BCUT2D eigenvalue weighted by atomic mass is 35.5. The summed E-state index contributed by atoms with van der Waals surface area (Å²) in [6.45, 7) is 0. The number of Topliss-reactive ketones (excluding diaryl/α,β-unsaturated/α-hetero) is 1. The average Bonchev–Trinajstić information content (AvgIpc) is 2.52. The molecule has 0 fully saturated rings. The molecular formula is C17H13ClO2. The molecule has 2 aromatic carbocycles. The molecule has 0 heterocycles. The van der Waals surface area contributed by atoms with Gasteiger partial charge in [0, 0.05) is 0 Å². The van der Waals surface area contributed by atoms with Gasteiger partial charge in [-0.1, -0.05) is 72.3 Å². The fourth-order valence-corrected chi connectivity index (χ4v) is 2.92. The van der Waals surface area contributed by atoms with Crippen LogP contribution in [0.1, 0.15) is 11.1 Å². The Kier molecular flexibility index (Phi) is 3.11. The summed E-state index contributed by atoms with van der Waals surface area (Å²) in [6.07, 6.45) is 0. The summed E-state index contributed by atoms with van der Waals surface area (Å²) in [5, 5.41) is 0. The summed E-state index contributed by atoms with van der Waals surface area (Å²) < 4.78 is 5.42. The number of rotatable bonds is 3. The second kappa shape index (κ2) is 4.80. The summed E-state index contributed by atoms with van der Waals surface area (Å²) in [4.78, 5) is 11.4. The number of allylic oxidation sites excluding steroid dienone is 2. The number of hydrogen-bond donors (Lipinski definition) is 0. The Morgan fingerprint density at radius 2 is 1.50 bits per heavy atom. The summed E-state index contributed by atoms with van der Waals surface area (Å²) in [5.74, 6) is 0.398. The van der Waals surface area contributed by atoms with Crippen molar-refractivity contribution in [1.29, 1.82) is 0 Å². The van der Waals surface area contributed by atoms with Gasteiger partial charge in [0.15, 0.2) is 10.7 Å². The molecule has 0 amide bonds. The highest BCUT2D eigenvalue weighted by Gasteiger charge is 2.55. The van der Waals surface area contributed by atoms with Gasteiger partial charge in [0.2, 0.25) is 0 Å². The van der Waals surface area contributed by atoms with Crippen molar-refractivity contribution in [3.8, 4) is 0 Å². The van der Waals surface area contributed by atoms with E-state index in [-0.39, 0.29) is 5.78 Å². The van der Waals surface area contributed by atoms with Gasteiger partial charge in [0.05, 0.1) is 12.7 Å². The molecule has 2 nitrogen and oxygen atoms in total. The third-order valence-corrected chi connectivity index (χ3v) is 4.08. The second-order valence-electron chi connectivity index (χ2n) is 4.63. The Morgan fingerprint density at radius 1 is 0.950 bits per heavy atom. The van der Waals surface area contributed by atoms with Gasteiger partial charge in [-0.3, -0.25) is 4.79 Å². The standard InChI is InChI=1S/C17H13ClO2/c1-20-16-14(12-8-4-2-5-9-12)15(19)17(16,18)13-10-6-3-7-11-13/h2-11H,1H3. The first-order valence-electron chi connectivity index (χ1n) is 6.33. The number of carbonyl (C=O) groups is 1. The van der Waals surface area contributed by atoms with Crippen LogP contribution in [0.3, 0.4) is 0 Å². The number of ether oxygens (including phenoxy) is 1. The van der Waals surface area contributed by atoms with Crippen LogP contribution in [0.4, 0.5) is 0 Å². The van der Waals surface area contributed by atoms with E-state index in [1.807, 2.05) is 60.7 Å². The molecule has 0 N–H and O–H groups in total. The lowest BCUT2D eigenvalue weighted by Crippen LogP contribution is -2.43. The third kappa shape index (κ3) is 1.69. The minimum atomic E-state index is -1.19. The van der Waals surface area contributed by atoms with E-state index in [1.54, 1.807) is 7.11 Å². The van der Waals surface area contributed by atoms with E-state index in [9.17, 15) is 4.79 Å². The van der Waals surface area contributed by atoms with Crippen molar-refractivity contribution in [2.75, 3.05) is 7.11 Å². The minimum absolute atomic E-state index is 0.117. The van der Waals surface area contributed by atoms with Crippen LogP contribution in [-0.4, -0.2) is 12.9 Å². The monoisotopic (exact) mass is 284 g/mol. The molecule has 0 aliphatic heterocycles. The fraction of sp³-hybridized carbons (Fsp3) is 0.118. The first kappa shape index (κ1) is 12.9. The minimum Gasteiger partial charge on any atom is -0.498 e. The maximum absolute atomic E-state index is 12.6. The van der Waals surface area contributed by atoms with Crippen molar-refractivity contribution < 1.29 is 9.53 Å². The zero-order valence-electron chi connectivity index (χ0n) is 11.0. The lowest BCUT2D eigenvalue weighted by molar-refractivity contribution is -0.118. The number of benzene rings is 2. The maximum atomic E-state index is 12.6. The van der Waals surface area contributed by atoms with Crippen molar-refractivity contribution in [2.24, 2.45) is 0 Å². The molecule has 100 valence electrons. The lowest BCUT2D eigenvalue weighted by Gasteiger charge is -2.38. The van der Waals surface area contributed by atoms with Crippen LogP contribution in [0.2, 0.25) is 0 Å². The molecule has 0 saturated heterocycles. The molecule has 1 aliphatic rings. The molecule has 1 aliphatic carbocycles. The van der Waals surface area contributed by atoms with Crippen LogP contribution < -0.4 is 0 Å². The number of methoxy groups -OCH3 is 1. The summed E-state index contributed by atoms with van der Waals surface area (Å²) >= 11 is 6.56. The maximum Gasteiger partial charge on any atom is 0.200 e. The van der Waals surface area contributed by atoms with Crippen LogP contribution in [0, 0.1) is 0 Å². The third-order valence-electron chi connectivity index (χ3n) is 3.52. The van der Waals surface area contributed by atoms with Gasteiger partial charge in [-0.15, -0.1) is 0 Å². The highest BCUT2D eigenvalue weighted by molar-refractivity contribution is 6.52. The van der Waals surface area contributed by atoms with Gasteiger partial charge in [-0.2, -0.15) is 0 Å². The first-order valence-corrected chi connectivity index (χ1v) is 6.70. The molecule has 0 saturated carbocycles. The predicted octanol–water partition coefficient (Wildman–Crippen LogP) is 3.76. The fourth-order valence-electron chi connectivity index (χ4n) is 2.53. The van der Waals surface area contributed by atoms with Crippen molar-refractivity contribution in [2.45, 2.75) is 4.87 Å². The van der Waals surface area contributed by atoms with E-state index in [0.717, 1.165) is 11.1 Å². The van der Waals surface area contributed by atoms with Crippen LogP contribution in [0.15, 0.2) is 66.4 Å². The van der Waals surface area contributed by atoms with Gasteiger partial charge in [0.25, 0.3) is 0 Å². The molecular weight excluding hydrogens is 272 g/mol. The van der Waals surface area contributed by atoms with Crippen LogP contribution in [-0.2, 0) is 14.4 Å². The Bertz CT molecular complexity index is 677. The molecule has 1 atom stereocenters. The summed E-state index contributed by atoms with van der Waals surface area (Å²) in [7, 11) is 1.55. The van der Waals surface area contributed by atoms with E-state index >= 15 is 0 Å². The van der Waals surface area contributed by atoms with Gasteiger partial charge in [-0.05, 0) is 11.1 Å². The van der Waals surface area contributed by atoms with E-state index in [1.165, 1.54) is 0 Å². The lowest BCUT2D eigenvalue weighted by atomic mass is 9.74. The number of hydrogen-bond acceptors (Lipinski definition) is 2. The normalized spacial score (nSPS) is 21.6.